The highest BCUT2D eigenvalue weighted by Gasteiger charge is 2.23. The summed E-state index contributed by atoms with van der Waals surface area (Å²) in [5.41, 5.74) is 1.18. The maximum Gasteiger partial charge on any atom is 0.240 e. The van der Waals surface area contributed by atoms with Crippen LogP contribution in [-0.4, -0.2) is 39.4 Å². The minimum Gasteiger partial charge on any atom is -0.354 e. The van der Waals surface area contributed by atoms with Crippen LogP contribution < -0.4 is 9.62 Å². The lowest BCUT2D eigenvalue weighted by Crippen LogP contribution is -2.41. The first-order chi connectivity index (χ1) is 13.6. The average molecular weight is 516 g/mol. The molecule has 0 saturated heterocycles. The summed E-state index contributed by atoms with van der Waals surface area (Å²) in [6.07, 6.45) is 1.00. The third kappa shape index (κ3) is 7.42. The van der Waals surface area contributed by atoms with Gasteiger partial charge < -0.3 is 5.32 Å². The Kier molecular flexibility index (Phi) is 9.25. The molecule has 0 bridgehead atoms. The number of anilines is 1. The van der Waals surface area contributed by atoms with Gasteiger partial charge in [0, 0.05) is 18.1 Å². The van der Waals surface area contributed by atoms with Crippen LogP contribution >= 0.6 is 58.2 Å². The molecule has 0 atom stereocenters. The number of benzene rings is 2. The first-order valence-corrected chi connectivity index (χ1v) is 12.8. The van der Waals surface area contributed by atoms with E-state index >= 15 is 0 Å². The van der Waals surface area contributed by atoms with E-state index in [1.807, 2.05) is 6.07 Å². The lowest BCUT2D eigenvalue weighted by molar-refractivity contribution is -0.119. The van der Waals surface area contributed by atoms with Crippen molar-refractivity contribution in [1.82, 2.24) is 5.32 Å². The average Bonchev–Trinajstić information content (AvgIpc) is 2.64. The van der Waals surface area contributed by atoms with Crippen LogP contribution in [0.1, 0.15) is 5.56 Å². The van der Waals surface area contributed by atoms with Crippen LogP contribution in [-0.2, 0) is 20.6 Å². The SMILES string of the molecule is CS(=O)(=O)N(CC(=O)NCCSCc1ccc(Cl)c(Cl)c1)c1cccc(Cl)c1Cl. The first kappa shape index (κ1) is 24.4. The van der Waals surface area contributed by atoms with Gasteiger partial charge in [-0.3, -0.25) is 9.10 Å². The number of hydrogen-bond donors (Lipinski definition) is 1. The quantitative estimate of drug-likeness (QED) is 0.471. The molecule has 0 radical (unpaired) electrons. The van der Waals surface area contributed by atoms with Gasteiger partial charge in [-0.25, -0.2) is 8.42 Å². The summed E-state index contributed by atoms with van der Waals surface area (Å²) in [5.74, 6) is 0.907. The van der Waals surface area contributed by atoms with E-state index in [1.165, 1.54) is 6.07 Å². The highest BCUT2D eigenvalue weighted by atomic mass is 35.5. The van der Waals surface area contributed by atoms with Crippen LogP contribution in [0, 0.1) is 0 Å². The van der Waals surface area contributed by atoms with Gasteiger partial charge in [0.25, 0.3) is 0 Å². The number of nitrogens with zero attached hydrogens (tertiary/aromatic N) is 1. The van der Waals surface area contributed by atoms with Gasteiger partial charge in [0.15, 0.2) is 0 Å². The van der Waals surface area contributed by atoms with Crippen molar-refractivity contribution in [2.45, 2.75) is 5.75 Å². The summed E-state index contributed by atoms with van der Waals surface area (Å²) in [5, 5.41) is 3.99. The predicted molar refractivity (Wildman–Crippen MR) is 124 cm³/mol. The molecular formula is C18H18Cl4N2O3S2. The van der Waals surface area contributed by atoms with Crippen molar-refractivity contribution in [3.63, 3.8) is 0 Å². The number of carbonyl (C=O) groups excluding carboxylic acids is 1. The number of hydrogen-bond acceptors (Lipinski definition) is 4. The Labute approximate surface area is 194 Å². The Balaban J connectivity index is 1.87. The number of rotatable bonds is 9. The molecule has 1 amide bonds. The van der Waals surface area contributed by atoms with Crippen LogP contribution in [0.5, 0.6) is 0 Å². The van der Waals surface area contributed by atoms with Gasteiger partial charge >= 0.3 is 0 Å². The normalized spacial score (nSPS) is 11.3. The molecule has 0 unspecified atom stereocenters. The minimum absolute atomic E-state index is 0.0737. The zero-order valence-corrected chi connectivity index (χ0v) is 19.9. The number of nitrogens with one attached hydrogen (secondary N) is 1. The molecule has 0 saturated carbocycles. The second kappa shape index (κ2) is 11.0. The molecule has 2 rings (SSSR count). The van der Waals surface area contributed by atoms with Crippen LogP contribution in [0.3, 0.4) is 0 Å². The molecule has 5 nitrogen and oxygen atoms in total. The second-order valence-electron chi connectivity index (χ2n) is 5.99. The molecule has 0 aliphatic heterocycles. The van der Waals surface area contributed by atoms with E-state index in [2.05, 4.69) is 5.32 Å². The minimum atomic E-state index is -3.73. The zero-order valence-electron chi connectivity index (χ0n) is 15.3. The van der Waals surface area contributed by atoms with Crippen molar-refractivity contribution >= 4 is 79.8 Å². The van der Waals surface area contributed by atoms with E-state index in [9.17, 15) is 13.2 Å². The Morgan fingerprint density at radius 3 is 2.45 bits per heavy atom. The summed E-state index contributed by atoms with van der Waals surface area (Å²) in [4.78, 5) is 12.3. The van der Waals surface area contributed by atoms with E-state index in [0.29, 0.717) is 28.1 Å². The topological polar surface area (TPSA) is 66.5 Å². The number of thioether (sulfide) groups is 1. The highest BCUT2D eigenvalue weighted by Crippen LogP contribution is 2.33. The monoisotopic (exact) mass is 514 g/mol. The van der Waals surface area contributed by atoms with E-state index in [0.717, 1.165) is 16.1 Å². The van der Waals surface area contributed by atoms with E-state index in [4.69, 9.17) is 46.4 Å². The molecular weight excluding hydrogens is 498 g/mol. The maximum absolute atomic E-state index is 12.3. The highest BCUT2D eigenvalue weighted by molar-refractivity contribution is 7.98. The molecule has 2 aromatic rings. The molecule has 0 aliphatic carbocycles. The van der Waals surface area contributed by atoms with Crippen molar-refractivity contribution in [3.8, 4) is 0 Å². The standard InChI is InChI=1S/C18H18Cl4N2O3S2/c1-29(26,27)24(16-4-2-3-14(20)18(16)22)10-17(25)23-7-8-28-11-12-5-6-13(19)15(21)9-12/h2-6,9H,7-8,10-11H2,1H3,(H,23,25). The van der Waals surface area contributed by atoms with Gasteiger partial charge in [0.05, 0.1) is 32.0 Å². The number of halogens is 4. The Morgan fingerprint density at radius 2 is 1.79 bits per heavy atom. The Hall–Kier alpha value is -0.830. The second-order valence-corrected chi connectivity index (χ2v) is 10.6. The molecule has 1 N–H and O–H groups in total. The van der Waals surface area contributed by atoms with Gasteiger partial charge in [-0.2, -0.15) is 11.8 Å². The van der Waals surface area contributed by atoms with Crippen molar-refractivity contribution in [1.29, 1.82) is 0 Å². The largest absolute Gasteiger partial charge is 0.354 e. The van der Waals surface area contributed by atoms with Crippen molar-refractivity contribution in [2.24, 2.45) is 0 Å². The molecule has 0 heterocycles. The Morgan fingerprint density at radius 1 is 1.07 bits per heavy atom. The molecule has 2 aromatic carbocycles. The van der Waals surface area contributed by atoms with Crippen molar-refractivity contribution in [3.05, 3.63) is 62.1 Å². The number of sulfonamides is 1. The molecule has 0 aromatic heterocycles. The van der Waals surface area contributed by atoms with Crippen molar-refractivity contribution in [2.75, 3.05) is 29.4 Å². The number of carbonyl (C=O) groups is 1. The van der Waals surface area contributed by atoms with Crippen LogP contribution in [0.25, 0.3) is 0 Å². The first-order valence-electron chi connectivity index (χ1n) is 8.29. The smallest absolute Gasteiger partial charge is 0.240 e. The molecule has 0 aliphatic rings. The van der Waals surface area contributed by atoms with Gasteiger partial charge in [-0.15, -0.1) is 0 Å². The number of amides is 1. The van der Waals surface area contributed by atoms with Crippen LogP contribution in [0.4, 0.5) is 5.69 Å². The third-order valence-electron chi connectivity index (χ3n) is 3.71. The maximum atomic E-state index is 12.3. The summed E-state index contributed by atoms with van der Waals surface area (Å²) < 4.78 is 25.2. The molecule has 29 heavy (non-hydrogen) atoms. The van der Waals surface area contributed by atoms with E-state index in [-0.39, 0.29) is 15.7 Å². The zero-order chi connectivity index (χ0) is 21.6. The molecule has 0 fully saturated rings. The van der Waals surface area contributed by atoms with E-state index < -0.39 is 22.5 Å². The van der Waals surface area contributed by atoms with Crippen LogP contribution in [0.2, 0.25) is 20.1 Å². The summed E-state index contributed by atoms with van der Waals surface area (Å²) in [6.45, 7) is -0.0118. The summed E-state index contributed by atoms with van der Waals surface area (Å²) >= 11 is 25.5. The van der Waals surface area contributed by atoms with Crippen LogP contribution in [0.15, 0.2) is 36.4 Å². The van der Waals surface area contributed by atoms with Gasteiger partial charge in [0.2, 0.25) is 15.9 Å². The fourth-order valence-corrected chi connectivity index (χ4v) is 4.77. The van der Waals surface area contributed by atoms with Gasteiger partial charge in [0.1, 0.15) is 6.54 Å². The molecule has 11 heteroatoms. The summed E-state index contributed by atoms with van der Waals surface area (Å²) in [7, 11) is -3.73. The summed E-state index contributed by atoms with van der Waals surface area (Å²) in [6, 6.07) is 10.0. The predicted octanol–water partition coefficient (Wildman–Crippen LogP) is 5.12. The fourth-order valence-electron chi connectivity index (χ4n) is 2.33. The van der Waals surface area contributed by atoms with Gasteiger partial charge in [-0.1, -0.05) is 58.5 Å². The molecule has 0 spiro atoms. The van der Waals surface area contributed by atoms with Crippen molar-refractivity contribution < 1.29 is 13.2 Å². The lowest BCUT2D eigenvalue weighted by Gasteiger charge is -2.23. The lowest BCUT2D eigenvalue weighted by atomic mass is 10.2. The molecule has 158 valence electrons. The Bertz CT molecular complexity index is 987. The fraction of sp³-hybridized carbons (Fsp3) is 0.278. The third-order valence-corrected chi connectivity index (χ3v) is 7.41. The van der Waals surface area contributed by atoms with Gasteiger partial charge in [-0.05, 0) is 29.8 Å². The van der Waals surface area contributed by atoms with E-state index in [1.54, 1.807) is 36.0 Å².